The number of thioether (sulfide) groups is 1. The molecule has 0 unspecified atom stereocenters. The minimum atomic E-state index is -3.93. The summed E-state index contributed by atoms with van der Waals surface area (Å²) in [5, 5.41) is 10.8. The van der Waals surface area contributed by atoms with E-state index in [1.54, 1.807) is 30.3 Å². The van der Waals surface area contributed by atoms with Crippen LogP contribution in [-0.4, -0.2) is 37.3 Å². The third kappa shape index (κ3) is 4.95. The number of carbonyl (C=O) groups excluding carboxylic acids is 1. The van der Waals surface area contributed by atoms with Gasteiger partial charge in [-0.2, -0.15) is 0 Å². The zero-order chi connectivity index (χ0) is 21.0. The third-order valence-electron chi connectivity index (χ3n) is 4.22. The van der Waals surface area contributed by atoms with Crippen LogP contribution in [0.4, 0.5) is 10.8 Å². The molecule has 10 heteroatoms. The van der Waals surface area contributed by atoms with Crippen molar-refractivity contribution in [1.82, 2.24) is 10.2 Å². The molecule has 152 valence electrons. The zero-order valence-corrected chi connectivity index (χ0v) is 18.6. The summed E-state index contributed by atoms with van der Waals surface area (Å²) >= 11 is 2.65. The first-order valence-electron chi connectivity index (χ1n) is 8.63. The van der Waals surface area contributed by atoms with Crippen LogP contribution in [0.15, 0.2) is 57.8 Å². The number of rotatable bonds is 7. The van der Waals surface area contributed by atoms with Crippen molar-refractivity contribution in [1.29, 1.82) is 0 Å². The van der Waals surface area contributed by atoms with Crippen molar-refractivity contribution in [3.63, 3.8) is 0 Å². The molecule has 1 aromatic heterocycles. The highest BCUT2D eigenvalue weighted by atomic mass is 32.2. The molecular weight excluding hydrogens is 428 g/mol. The van der Waals surface area contributed by atoms with Crippen molar-refractivity contribution in [3.8, 4) is 0 Å². The molecule has 0 aliphatic heterocycles. The number of carbonyl (C=O) groups is 1. The first kappa shape index (κ1) is 21.3. The molecule has 3 aromatic rings. The van der Waals surface area contributed by atoms with Gasteiger partial charge in [-0.3, -0.25) is 14.4 Å². The molecule has 2 aromatic carbocycles. The van der Waals surface area contributed by atoms with E-state index < -0.39 is 15.9 Å². The predicted octanol–water partition coefficient (Wildman–Crippen LogP) is 3.71. The van der Waals surface area contributed by atoms with Crippen LogP contribution in [-0.2, 0) is 14.8 Å². The van der Waals surface area contributed by atoms with Crippen molar-refractivity contribution in [2.45, 2.75) is 23.1 Å². The Kier molecular flexibility index (Phi) is 6.56. The van der Waals surface area contributed by atoms with E-state index in [0.717, 1.165) is 15.4 Å². The lowest BCUT2D eigenvalue weighted by molar-refractivity contribution is -0.114. The Labute approximate surface area is 178 Å². The molecule has 1 heterocycles. The normalized spacial score (nSPS) is 11.3. The molecule has 0 saturated heterocycles. The van der Waals surface area contributed by atoms with Gasteiger partial charge in [0.1, 0.15) is 6.54 Å². The van der Waals surface area contributed by atoms with Crippen molar-refractivity contribution in [2.24, 2.45) is 0 Å². The van der Waals surface area contributed by atoms with Crippen LogP contribution >= 0.6 is 23.1 Å². The van der Waals surface area contributed by atoms with Gasteiger partial charge in [-0.15, -0.1) is 10.2 Å². The monoisotopic (exact) mass is 448 g/mol. The molecule has 1 N–H and O–H groups in total. The number of anilines is 2. The van der Waals surface area contributed by atoms with Crippen LogP contribution in [0.2, 0.25) is 0 Å². The maximum absolute atomic E-state index is 13.3. The number of hydrogen-bond acceptors (Lipinski definition) is 7. The highest BCUT2D eigenvalue weighted by Crippen LogP contribution is 2.27. The molecule has 0 fully saturated rings. The number of aromatic nitrogens is 2. The minimum Gasteiger partial charge on any atom is -0.299 e. The number of hydrogen-bond donors (Lipinski definition) is 1. The number of amides is 1. The van der Waals surface area contributed by atoms with Gasteiger partial charge in [0.05, 0.1) is 10.6 Å². The molecule has 0 saturated carbocycles. The molecule has 0 radical (unpaired) electrons. The largest absolute Gasteiger partial charge is 0.299 e. The molecule has 0 aliphatic rings. The van der Waals surface area contributed by atoms with E-state index in [-0.39, 0.29) is 11.4 Å². The Morgan fingerprint density at radius 2 is 1.83 bits per heavy atom. The summed E-state index contributed by atoms with van der Waals surface area (Å²) in [6, 6.07) is 13.4. The van der Waals surface area contributed by atoms with Gasteiger partial charge in [0.2, 0.25) is 11.0 Å². The van der Waals surface area contributed by atoms with Crippen molar-refractivity contribution >= 4 is 49.8 Å². The van der Waals surface area contributed by atoms with Crippen molar-refractivity contribution in [3.05, 3.63) is 59.7 Å². The van der Waals surface area contributed by atoms with Crippen LogP contribution in [0.25, 0.3) is 0 Å². The van der Waals surface area contributed by atoms with Crippen LogP contribution in [0.5, 0.6) is 0 Å². The van der Waals surface area contributed by atoms with E-state index in [1.807, 2.05) is 26.2 Å². The summed E-state index contributed by atoms with van der Waals surface area (Å²) in [5.74, 6) is -0.494. The van der Waals surface area contributed by atoms with E-state index in [2.05, 4.69) is 15.5 Å². The molecule has 29 heavy (non-hydrogen) atoms. The Hall–Kier alpha value is -2.43. The van der Waals surface area contributed by atoms with Gasteiger partial charge in [0, 0.05) is 0 Å². The topological polar surface area (TPSA) is 92.3 Å². The van der Waals surface area contributed by atoms with Crippen LogP contribution < -0.4 is 9.62 Å². The maximum atomic E-state index is 13.3. The second-order valence-electron chi connectivity index (χ2n) is 6.22. The minimum absolute atomic E-state index is 0.117. The van der Waals surface area contributed by atoms with Gasteiger partial charge < -0.3 is 0 Å². The second kappa shape index (κ2) is 8.93. The van der Waals surface area contributed by atoms with Crippen molar-refractivity contribution < 1.29 is 13.2 Å². The molecule has 1 amide bonds. The summed E-state index contributed by atoms with van der Waals surface area (Å²) in [6.07, 6.45) is 1.86. The standard InChI is InChI=1S/C19H20N4O3S3/c1-13-9-10-15(11-14(13)2)23(29(25,26)16-7-5-4-6-8-16)12-17(24)20-18-21-22-19(27-3)28-18/h4-11H,12H2,1-3H3,(H,20,21,24). The highest BCUT2D eigenvalue weighted by molar-refractivity contribution is 8.00. The second-order valence-corrected chi connectivity index (χ2v) is 10.1. The van der Waals surface area contributed by atoms with Crippen LogP contribution in [0, 0.1) is 13.8 Å². The third-order valence-corrected chi connectivity index (χ3v) is 7.83. The smallest absolute Gasteiger partial charge is 0.264 e. The zero-order valence-electron chi connectivity index (χ0n) is 16.1. The summed E-state index contributed by atoms with van der Waals surface area (Å²) in [5.41, 5.74) is 2.40. The van der Waals surface area contributed by atoms with Crippen molar-refractivity contribution in [2.75, 3.05) is 22.4 Å². The van der Waals surface area contributed by atoms with Crippen LogP contribution in [0.3, 0.4) is 0 Å². The molecule has 0 aliphatic carbocycles. The fourth-order valence-electron chi connectivity index (χ4n) is 2.55. The number of nitrogens with one attached hydrogen (secondary N) is 1. The van der Waals surface area contributed by atoms with Gasteiger partial charge in [0.25, 0.3) is 10.0 Å². The molecule has 0 spiro atoms. The Bertz CT molecular complexity index is 1110. The first-order chi connectivity index (χ1) is 13.8. The number of sulfonamides is 1. The Morgan fingerprint density at radius 3 is 2.45 bits per heavy atom. The summed E-state index contributed by atoms with van der Waals surface area (Å²) < 4.78 is 28.4. The first-order valence-corrected chi connectivity index (χ1v) is 12.1. The Morgan fingerprint density at radius 1 is 1.10 bits per heavy atom. The quantitative estimate of drug-likeness (QED) is 0.438. The van der Waals surface area contributed by atoms with E-state index in [4.69, 9.17) is 0 Å². The molecule has 0 bridgehead atoms. The molecule has 3 rings (SSSR count). The lowest BCUT2D eigenvalue weighted by Crippen LogP contribution is -2.38. The molecular formula is C19H20N4O3S3. The van der Waals surface area contributed by atoms with E-state index in [9.17, 15) is 13.2 Å². The summed E-state index contributed by atoms with van der Waals surface area (Å²) in [4.78, 5) is 12.8. The van der Waals surface area contributed by atoms with Gasteiger partial charge in [-0.1, -0.05) is 47.4 Å². The van der Waals surface area contributed by atoms with Crippen LogP contribution in [0.1, 0.15) is 11.1 Å². The number of aryl methyl sites for hydroxylation is 2. The summed E-state index contributed by atoms with van der Waals surface area (Å²) in [6.45, 7) is 3.46. The van der Waals surface area contributed by atoms with E-state index in [1.165, 1.54) is 35.2 Å². The number of nitrogens with zero attached hydrogens (tertiary/aromatic N) is 3. The average molecular weight is 449 g/mol. The van der Waals surface area contributed by atoms with Gasteiger partial charge >= 0.3 is 0 Å². The molecule has 7 nitrogen and oxygen atoms in total. The predicted molar refractivity (Wildman–Crippen MR) is 117 cm³/mol. The summed E-state index contributed by atoms with van der Waals surface area (Å²) in [7, 11) is -3.93. The van der Waals surface area contributed by atoms with E-state index in [0.29, 0.717) is 15.2 Å². The lowest BCUT2D eigenvalue weighted by atomic mass is 10.1. The SMILES string of the molecule is CSc1nnc(NC(=O)CN(c2ccc(C)c(C)c2)S(=O)(=O)c2ccccc2)s1. The number of benzene rings is 2. The molecule has 0 atom stereocenters. The van der Waals surface area contributed by atoms with E-state index >= 15 is 0 Å². The lowest BCUT2D eigenvalue weighted by Gasteiger charge is -2.24. The fourth-order valence-corrected chi connectivity index (χ4v) is 5.17. The maximum Gasteiger partial charge on any atom is 0.264 e. The highest BCUT2D eigenvalue weighted by Gasteiger charge is 2.27. The van der Waals surface area contributed by atoms with Gasteiger partial charge in [0.15, 0.2) is 4.34 Å². The Balaban J connectivity index is 1.94. The average Bonchev–Trinajstić information content (AvgIpc) is 3.16. The fraction of sp³-hybridized carbons (Fsp3) is 0.211. The van der Waals surface area contributed by atoms with Gasteiger partial charge in [-0.25, -0.2) is 8.42 Å². The van der Waals surface area contributed by atoms with Gasteiger partial charge in [-0.05, 0) is 55.5 Å².